The van der Waals surface area contributed by atoms with Gasteiger partial charge in [0, 0.05) is 4.83 Å². The maximum atomic E-state index is 5.40. The zero-order valence-corrected chi connectivity index (χ0v) is 13.9. The molecule has 1 nitrogen and oxygen atoms in total. The molecule has 1 unspecified atom stereocenters. The number of hydrogen-bond acceptors (Lipinski definition) is 1. The van der Waals surface area contributed by atoms with Crippen molar-refractivity contribution < 1.29 is 4.74 Å². The van der Waals surface area contributed by atoms with Gasteiger partial charge in [0.25, 0.3) is 0 Å². The number of benzene rings is 1. The van der Waals surface area contributed by atoms with E-state index in [0.29, 0.717) is 4.83 Å². The van der Waals surface area contributed by atoms with Crippen molar-refractivity contribution in [1.82, 2.24) is 0 Å². The molecule has 0 saturated heterocycles. The van der Waals surface area contributed by atoms with Crippen LogP contribution >= 0.6 is 15.9 Å². The number of halogens is 1. The molecule has 0 N–H and O–H groups in total. The van der Waals surface area contributed by atoms with Gasteiger partial charge in [0.2, 0.25) is 0 Å². The molecule has 0 saturated carbocycles. The molecule has 1 rings (SSSR count). The standard InChI is InChI=1S/C17H27BrO/c1-3-4-5-6-7-8-12-16(18)14-15-11-9-10-13-17(15)19-2/h9-11,13,16H,3-8,12,14H2,1-2H3. The molecule has 0 aliphatic heterocycles. The van der Waals surface area contributed by atoms with Crippen molar-refractivity contribution in [2.45, 2.75) is 63.1 Å². The normalized spacial score (nSPS) is 12.4. The molecule has 2 heteroatoms. The molecule has 0 aliphatic rings. The molecule has 0 radical (unpaired) electrons. The van der Waals surface area contributed by atoms with Gasteiger partial charge in [-0.25, -0.2) is 0 Å². The van der Waals surface area contributed by atoms with Crippen LogP contribution in [0, 0.1) is 0 Å². The number of alkyl halides is 1. The van der Waals surface area contributed by atoms with Crippen molar-refractivity contribution >= 4 is 15.9 Å². The molecule has 0 aromatic heterocycles. The number of rotatable bonds is 10. The van der Waals surface area contributed by atoms with Gasteiger partial charge in [0.1, 0.15) is 5.75 Å². The van der Waals surface area contributed by atoms with Crippen LogP contribution in [0.5, 0.6) is 5.75 Å². The minimum absolute atomic E-state index is 0.565. The van der Waals surface area contributed by atoms with Gasteiger partial charge in [-0.1, -0.05) is 79.6 Å². The summed E-state index contributed by atoms with van der Waals surface area (Å²) < 4.78 is 5.40. The minimum Gasteiger partial charge on any atom is -0.496 e. The van der Waals surface area contributed by atoms with Crippen LogP contribution in [-0.2, 0) is 6.42 Å². The zero-order valence-electron chi connectivity index (χ0n) is 12.3. The van der Waals surface area contributed by atoms with Crippen molar-refractivity contribution in [2.24, 2.45) is 0 Å². The molecular weight excluding hydrogens is 300 g/mol. The Morgan fingerprint density at radius 3 is 2.47 bits per heavy atom. The Morgan fingerprint density at radius 1 is 1.05 bits per heavy atom. The van der Waals surface area contributed by atoms with Crippen LogP contribution in [-0.4, -0.2) is 11.9 Å². The number of unbranched alkanes of at least 4 members (excludes halogenated alkanes) is 5. The molecular formula is C17H27BrO. The van der Waals surface area contributed by atoms with E-state index in [0.717, 1.165) is 12.2 Å². The molecule has 1 aromatic carbocycles. The molecule has 0 spiro atoms. The summed E-state index contributed by atoms with van der Waals surface area (Å²) in [5, 5.41) is 0. The lowest BCUT2D eigenvalue weighted by Gasteiger charge is -2.12. The van der Waals surface area contributed by atoms with E-state index >= 15 is 0 Å². The lowest BCUT2D eigenvalue weighted by atomic mass is 10.0. The van der Waals surface area contributed by atoms with Crippen LogP contribution in [0.15, 0.2) is 24.3 Å². The summed E-state index contributed by atoms with van der Waals surface area (Å²) in [4.78, 5) is 0.565. The highest BCUT2D eigenvalue weighted by molar-refractivity contribution is 9.09. The second-order valence-electron chi connectivity index (χ2n) is 5.17. The highest BCUT2D eigenvalue weighted by atomic mass is 79.9. The topological polar surface area (TPSA) is 9.23 Å². The highest BCUT2D eigenvalue weighted by Gasteiger charge is 2.09. The van der Waals surface area contributed by atoms with Crippen molar-refractivity contribution in [2.75, 3.05) is 7.11 Å². The fourth-order valence-electron chi connectivity index (χ4n) is 2.36. The maximum absolute atomic E-state index is 5.40. The first-order valence-corrected chi connectivity index (χ1v) is 8.45. The Morgan fingerprint density at radius 2 is 1.74 bits per heavy atom. The van der Waals surface area contributed by atoms with Crippen molar-refractivity contribution in [3.05, 3.63) is 29.8 Å². The minimum atomic E-state index is 0.565. The first-order valence-electron chi connectivity index (χ1n) is 7.54. The van der Waals surface area contributed by atoms with E-state index in [1.807, 2.05) is 12.1 Å². The molecule has 0 heterocycles. The van der Waals surface area contributed by atoms with Gasteiger partial charge in [-0.3, -0.25) is 0 Å². The Kier molecular flexibility index (Phi) is 8.98. The van der Waals surface area contributed by atoms with Crippen molar-refractivity contribution in [3.63, 3.8) is 0 Å². The maximum Gasteiger partial charge on any atom is 0.122 e. The first-order chi connectivity index (χ1) is 9.27. The lowest BCUT2D eigenvalue weighted by Crippen LogP contribution is -2.04. The van der Waals surface area contributed by atoms with Gasteiger partial charge in [-0.2, -0.15) is 0 Å². The molecule has 1 aromatic rings. The van der Waals surface area contributed by atoms with Gasteiger partial charge < -0.3 is 4.74 Å². The third kappa shape index (κ3) is 7.00. The monoisotopic (exact) mass is 326 g/mol. The van der Waals surface area contributed by atoms with Crippen LogP contribution in [0.3, 0.4) is 0 Å². The number of ether oxygens (including phenoxy) is 1. The van der Waals surface area contributed by atoms with E-state index in [9.17, 15) is 0 Å². The van der Waals surface area contributed by atoms with E-state index < -0.39 is 0 Å². The van der Waals surface area contributed by atoms with E-state index in [2.05, 4.69) is 35.0 Å². The second-order valence-corrected chi connectivity index (χ2v) is 6.46. The highest BCUT2D eigenvalue weighted by Crippen LogP contribution is 2.23. The SMILES string of the molecule is CCCCCCCCC(Br)Cc1ccccc1OC. The Labute approximate surface area is 126 Å². The van der Waals surface area contributed by atoms with Gasteiger partial charge in [0.05, 0.1) is 7.11 Å². The fourth-order valence-corrected chi connectivity index (χ4v) is 3.03. The largest absolute Gasteiger partial charge is 0.496 e. The van der Waals surface area contributed by atoms with Crippen molar-refractivity contribution in [1.29, 1.82) is 0 Å². The third-order valence-corrected chi connectivity index (χ3v) is 4.29. The number of para-hydroxylation sites is 1. The molecule has 108 valence electrons. The Bertz CT molecular complexity index is 338. The van der Waals surface area contributed by atoms with E-state index in [4.69, 9.17) is 4.74 Å². The number of hydrogen-bond donors (Lipinski definition) is 0. The molecule has 0 amide bonds. The smallest absolute Gasteiger partial charge is 0.122 e. The van der Waals surface area contributed by atoms with E-state index in [1.165, 1.54) is 50.5 Å². The molecule has 0 fully saturated rings. The van der Waals surface area contributed by atoms with Crippen LogP contribution < -0.4 is 4.74 Å². The molecule has 0 bridgehead atoms. The number of methoxy groups -OCH3 is 1. The zero-order chi connectivity index (χ0) is 13.9. The van der Waals surface area contributed by atoms with E-state index in [-0.39, 0.29) is 0 Å². The van der Waals surface area contributed by atoms with Gasteiger partial charge in [0.15, 0.2) is 0 Å². The quantitative estimate of drug-likeness (QED) is 0.392. The van der Waals surface area contributed by atoms with Crippen LogP contribution in [0.1, 0.15) is 57.4 Å². The summed E-state index contributed by atoms with van der Waals surface area (Å²) >= 11 is 3.81. The lowest BCUT2D eigenvalue weighted by molar-refractivity contribution is 0.409. The average Bonchev–Trinajstić information content (AvgIpc) is 2.43. The summed E-state index contributed by atoms with van der Waals surface area (Å²) in [7, 11) is 1.75. The predicted molar refractivity (Wildman–Crippen MR) is 87.4 cm³/mol. The van der Waals surface area contributed by atoms with Gasteiger partial charge in [-0.05, 0) is 24.5 Å². The molecule has 0 aliphatic carbocycles. The summed E-state index contributed by atoms with van der Waals surface area (Å²) in [6.45, 7) is 2.27. The molecule has 19 heavy (non-hydrogen) atoms. The summed E-state index contributed by atoms with van der Waals surface area (Å²) in [5.74, 6) is 1.01. The second kappa shape index (κ2) is 10.3. The first kappa shape index (κ1) is 16.6. The Hall–Kier alpha value is -0.500. The van der Waals surface area contributed by atoms with Gasteiger partial charge >= 0.3 is 0 Å². The predicted octanol–water partition coefficient (Wildman–Crippen LogP) is 5.75. The molecule has 1 atom stereocenters. The average molecular weight is 327 g/mol. The van der Waals surface area contributed by atoms with Crippen molar-refractivity contribution in [3.8, 4) is 5.75 Å². The summed E-state index contributed by atoms with van der Waals surface area (Å²) in [6, 6.07) is 8.32. The van der Waals surface area contributed by atoms with Crippen LogP contribution in [0.2, 0.25) is 0 Å². The summed E-state index contributed by atoms with van der Waals surface area (Å²) in [6.07, 6.45) is 10.5. The fraction of sp³-hybridized carbons (Fsp3) is 0.647. The van der Waals surface area contributed by atoms with Crippen LogP contribution in [0.25, 0.3) is 0 Å². The summed E-state index contributed by atoms with van der Waals surface area (Å²) in [5.41, 5.74) is 1.30. The van der Waals surface area contributed by atoms with E-state index in [1.54, 1.807) is 7.11 Å². The Balaban J connectivity index is 2.21. The van der Waals surface area contributed by atoms with Gasteiger partial charge in [-0.15, -0.1) is 0 Å². The van der Waals surface area contributed by atoms with Crippen LogP contribution in [0.4, 0.5) is 0 Å². The third-order valence-electron chi connectivity index (χ3n) is 3.50.